The molecule has 6 heteroatoms. The second kappa shape index (κ2) is 6.84. The maximum absolute atomic E-state index is 11.8. The zero-order chi connectivity index (χ0) is 12.8. The quantitative estimate of drug-likeness (QED) is 0.746. The minimum Gasteiger partial charge on any atom is -0.382 e. The molecule has 0 aromatic carbocycles. The number of hydrogen-bond donors (Lipinski definition) is 1. The van der Waals surface area contributed by atoms with Gasteiger partial charge in [0.1, 0.15) is 6.17 Å². The summed E-state index contributed by atoms with van der Waals surface area (Å²) in [6.07, 6.45) is 0.00326. The summed E-state index contributed by atoms with van der Waals surface area (Å²) in [5, 5.41) is 5.24. The van der Waals surface area contributed by atoms with Crippen molar-refractivity contribution in [1.29, 1.82) is 0 Å². The van der Waals surface area contributed by atoms with E-state index in [1.165, 1.54) is 0 Å². The van der Waals surface area contributed by atoms with Crippen LogP contribution in [0.2, 0.25) is 0 Å². The van der Waals surface area contributed by atoms with Crippen molar-refractivity contribution in [3.8, 4) is 0 Å². The van der Waals surface area contributed by atoms with Gasteiger partial charge in [0.05, 0.1) is 26.4 Å². The van der Waals surface area contributed by atoms with E-state index in [1.807, 2.05) is 22.4 Å². The third-order valence-electron chi connectivity index (χ3n) is 2.80. The third kappa shape index (κ3) is 3.29. The first-order valence-electron chi connectivity index (χ1n) is 5.96. The van der Waals surface area contributed by atoms with E-state index in [9.17, 15) is 4.79 Å². The van der Waals surface area contributed by atoms with E-state index in [1.54, 1.807) is 18.4 Å². The van der Waals surface area contributed by atoms with Crippen LogP contribution >= 0.6 is 11.3 Å². The van der Waals surface area contributed by atoms with Gasteiger partial charge in [0, 0.05) is 18.5 Å². The summed E-state index contributed by atoms with van der Waals surface area (Å²) >= 11 is 1.66. The molecule has 2 rings (SSSR count). The van der Waals surface area contributed by atoms with Crippen LogP contribution in [0, 0.1) is 0 Å². The van der Waals surface area contributed by atoms with Crippen LogP contribution in [0.5, 0.6) is 0 Å². The Morgan fingerprint density at radius 2 is 2.39 bits per heavy atom. The fraction of sp³-hybridized carbons (Fsp3) is 0.583. The van der Waals surface area contributed by atoms with Crippen molar-refractivity contribution in [2.75, 3.05) is 40.0 Å². The summed E-state index contributed by atoms with van der Waals surface area (Å²) in [4.78, 5) is 14.8. The minimum atomic E-state index is 0.00326. The SMILES string of the molecule is COCCOCCN1C(=O)CNC1c1cccs1. The van der Waals surface area contributed by atoms with Gasteiger partial charge in [0.2, 0.25) is 5.91 Å². The number of carbonyl (C=O) groups excluding carboxylic acids is 1. The van der Waals surface area contributed by atoms with Gasteiger partial charge in [-0.2, -0.15) is 0 Å². The number of amides is 1. The van der Waals surface area contributed by atoms with Crippen LogP contribution in [0.4, 0.5) is 0 Å². The molecule has 18 heavy (non-hydrogen) atoms. The fourth-order valence-corrected chi connectivity index (χ4v) is 2.71. The summed E-state index contributed by atoms with van der Waals surface area (Å²) in [7, 11) is 1.64. The average molecular weight is 270 g/mol. The number of rotatable bonds is 7. The lowest BCUT2D eigenvalue weighted by atomic mass is 10.3. The van der Waals surface area contributed by atoms with Gasteiger partial charge < -0.3 is 14.4 Å². The molecule has 1 atom stereocenters. The zero-order valence-corrected chi connectivity index (χ0v) is 11.2. The van der Waals surface area contributed by atoms with Crippen molar-refractivity contribution < 1.29 is 14.3 Å². The Labute approximate surface area is 111 Å². The number of nitrogens with zero attached hydrogens (tertiary/aromatic N) is 1. The largest absolute Gasteiger partial charge is 0.382 e. The Hall–Kier alpha value is -0.950. The topological polar surface area (TPSA) is 50.8 Å². The van der Waals surface area contributed by atoms with Crippen molar-refractivity contribution in [2.24, 2.45) is 0 Å². The normalized spacial score (nSPS) is 19.7. The number of methoxy groups -OCH3 is 1. The van der Waals surface area contributed by atoms with Crippen molar-refractivity contribution in [3.63, 3.8) is 0 Å². The fourth-order valence-electron chi connectivity index (χ4n) is 1.90. The molecule has 0 spiro atoms. The van der Waals surface area contributed by atoms with Crippen LogP contribution in [0.1, 0.15) is 11.0 Å². The molecule has 1 aromatic heterocycles. The lowest BCUT2D eigenvalue weighted by Gasteiger charge is -2.23. The van der Waals surface area contributed by atoms with E-state index in [2.05, 4.69) is 5.32 Å². The zero-order valence-electron chi connectivity index (χ0n) is 10.4. The molecule has 1 saturated heterocycles. The molecule has 0 aliphatic carbocycles. The summed E-state index contributed by atoms with van der Waals surface area (Å²) in [6, 6.07) is 4.04. The van der Waals surface area contributed by atoms with Crippen LogP contribution in [0.15, 0.2) is 17.5 Å². The highest BCUT2D eigenvalue weighted by atomic mass is 32.1. The molecule has 100 valence electrons. The standard InChI is InChI=1S/C12H18N2O3S/c1-16-6-7-17-5-4-14-11(15)9-13-12(14)10-3-2-8-18-10/h2-3,8,12-13H,4-7,9H2,1H3. The molecule has 0 radical (unpaired) electrons. The molecule has 1 amide bonds. The predicted molar refractivity (Wildman–Crippen MR) is 69.5 cm³/mol. The highest BCUT2D eigenvalue weighted by molar-refractivity contribution is 7.10. The molecule has 1 aliphatic rings. The van der Waals surface area contributed by atoms with E-state index >= 15 is 0 Å². The van der Waals surface area contributed by atoms with Gasteiger partial charge in [-0.25, -0.2) is 0 Å². The Balaban J connectivity index is 1.82. The molecule has 1 unspecified atom stereocenters. The van der Waals surface area contributed by atoms with Gasteiger partial charge in [-0.1, -0.05) is 6.07 Å². The molecule has 5 nitrogen and oxygen atoms in total. The Morgan fingerprint density at radius 3 is 3.11 bits per heavy atom. The van der Waals surface area contributed by atoms with Gasteiger partial charge in [-0.15, -0.1) is 11.3 Å². The summed E-state index contributed by atoms with van der Waals surface area (Å²) in [5.74, 6) is 0.128. The highest BCUT2D eigenvalue weighted by Gasteiger charge is 2.31. The van der Waals surface area contributed by atoms with Crippen molar-refractivity contribution in [3.05, 3.63) is 22.4 Å². The van der Waals surface area contributed by atoms with E-state index < -0.39 is 0 Å². The van der Waals surface area contributed by atoms with Gasteiger partial charge in [0.25, 0.3) is 0 Å². The summed E-state index contributed by atoms with van der Waals surface area (Å²) in [6.45, 7) is 2.70. The number of thiophene rings is 1. The van der Waals surface area contributed by atoms with Crippen LogP contribution in [-0.2, 0) is 14.3 Å². The molecule has 0 bridgehead atoms. The van der Waals surface area contributed by atoms with Gasteiger partial charge >= 0.3 is 0 Å². The van der Waals surface area contributed by atoms with Crippen LogP contribution in [0.3, 0.4) is 0 Å². The molecule has 1 aromatic rings. The number of nitrogens with one attached hydrogen (secondary N) is 1. The van der Waals surface area contributed by atoms with Crippen LogP contribution in [-0.4, -0.2) is 50.8 Å². The van der Waals surface area contributed by atoms with Gasteiger partial charge in [-0.05, 0) is 11.4 Å². The molecule has 1 fully saturated rings. The van der Waals surface area contributed by atoms with Crippen molar-refractivity contribution in [2.45, 2.75) is 6.17 Å². The molecule has 0 saturated carbocycles. The lowest BCUT2D eigenvalue weighted by Crippen LogP contribution is -2.33. The van der Waals surface area contributed by atoms with Crippen molar-refractivity contribution in [1.82, 2.24) is 10.2 Å². The molecular formula is C12H18N2O3S. The first-order valence-corrected chi connectivity index (χ1v) is 6.84. The monoisotopic (exact) mass is 270 g/mol. The van der Waals surface area contributed by atoms with Crippen LogP contribution in [0.25, 0.3) is 0 Å². The maximum atomic E-state index is 11.8. The second-order valence-electron chi connectivity index (χ2n) is 3.99. The van der Waals surface area contributed by atoms with E-state index in [4.69, 9.17) is 9.47 Å². The summed E-state index contributed by atoms with van der Waals surface area (Å²) < 4.78 is 10.3. The first-order chi connectivity index (χ1) is 8.83. The highest BCUT2D eigenvalue weighted by Crippen LogP contribution is 2.25. The first kappa shape index (κ1) is 13.5. The molecule has 2 heterocycles. The van der Waals surface area contributed by atoms with Gasteiger partial charge in [-0.3, -0.25) is 10.1 Å². The Morgan fingerprint density at radius 1 is 1.50 bits per heavy atom. The average Bonchev–Trinajstić information content (AvgIpc) is 2.99. The number of ether oxygens (including phenoxy) is 2. The second-order valence-corrected chi connectivity index (χ2v) is 4.97. The lowest BCUT2D eigenvalue weighted by molar-refractivity contribution is -0.128. The molecule has 1 N–H and O–H groups in total. The maximum Gasteiger partial charge on any atom is 0.238 e. The van der Waals surface area contributed by atoms with Gasteiger partial charge in [0.15, 0.2) is 0 Å². The Bertz CT molecular complexity index is 369. The molecule has 1 aliphatic heterocycles. The number of hydrogen-bond acceptors (Lipinski definition) is 5. The van der Waals surface area contributed by atoms with Crippen LogP contribution < -0.4 is 5.32 Å². The minimum absolute atomic E-state index is 0.00326. The third-order valence-corrected chi connectivity index (χ3v) is 3.72. The van der Waals surface area contributed by atoms with E-state index in [0.29, 0.717) is 32.9 Å². The number of carbonyl (C=O) groups is 1. The predicted octanol–water partition coefficient (Wildman–Crippen LogP) is 0.842. The van der Waals surface area contributed by atoms with E-state index in [0.717, 1.165) is 4.88 Å². The Kier molecular flexibility index (Phi) is 5.12. The summed E-state index contributed by atoms with van der Waals surface area (Å²) in [5.41, 5.74) is 0. The smallest absolute Gasteiger partial charge is 0.238 e. The molecular weight excluding hydrogens is 252 g/mol. The van der Waals surface area contributed by atoms with Crippen molar-refractivity contribution >= 4 is 17.2 Å². The van der Waals surface area contributed by atoms with E-state index in [-0.39, 0.29) is 12.1 Å².